The molecule has 2 aromatic heterocycles. The van der Waals surface area contributed by atoms with Crippen LogP contribution in [0.15, 0.2) is 64.8 Å². The van der Waals surface area contributed by atoms with Gasteiger partial charge >= 0.3 is 37.7 Å². The molecule has 0 bridgehead atoms. The number of aromatic nitrogens is 3. The van der Waals surface area contributed by atoms with Gasteiger partial charge in [-0.25, -0.2) is 26.2 Å². The van der Waals surface area contributed by atoms with Crippen molar-refractivity contribution in [2.24, 2.45) is 0 Å². The van der Waals surface area contributed by atoms with Gasteiger partial charge in [0.15, 0.2) is 6.61 Å². The number of hydrogen-bond acceptors (Lipinski definition) is 8. The van der Waals surface area contributed by atoms with Crippen LogP contribution in [0.4, 0.5) is 14.5 Å². The van der Waals surface area contributed by atoms with E-state index in [1.165, 1.54) is 30.5 Å². The van der Waals surface area contributed by atoms with Gasteiger partial charge in [-0.2, -0.15) is 0 Å². The summed E-state index contributed by atoms with van der Waals surface area (Å²) >= 11 is 0. The number of nitrogens with zero attached hydrogens (tertiary/aromatic N) is 3. The van der Waals surface area contributed by atoms with Gasteiger partial charge in [-0.05, 0) is 43.7 Å². The van der Waals surface area contributed by atoms with E-state index in [0.29, 0.717) is 22.1 Å². The summed E-state index contributed by atoms with van der Waals surface area (Å²) in [6.45, 7) is 3.08. The molecule has 1 atom stereocenters. The fourth-order valence-electron chi connectivity index (χ4n) is 3.68. The zero-order chi connectivity index (χ0) is 27.0. The molecule has 0 saturated carbocycles. The van der Waals surface area contributed by atoms with Crippen LogP contribution in [0, 0.1) is 19.1 Å². The van der Waals surface area contributed by atoms with Crippen LogP contribution < -0.4 is 10.2 Å². The number of fused-ring (bicyclic) bond motifs is 1. The number of benzene rings is 2. The van der Waals surface area contributed by atoms with E-state index in [9.17, 15) is 26.6 Å². The molecule has 2 heterocycles. The molecule has 0 radical (unpaired) electrons. The molecule has 1 unspecified atom stereocenters. The largest absolute Gasteiger partial charge is 2.00 e. The monoisotopic (exact) mass is 607 g/mol. The van der Waals surface area contributed by atoms with Gasteiger partial charge in [-0.1, -0.05) is 18.2 Å². The molecule has 0 saturated heterocycles. The SMILES string of the molecule is Cc1ccc([NH2+][O-])cc1S(=O)(=O)n1c(S(=O)Cc2nccc(OCC(C)(F)F)c2C)nc2ccccc21.[Ca+2].[OH-]. The van der Waals surface area contributed by atoms with Gasteiger partial charge in [0.25, 0.3) is 15.9 Å². The number of ether oxygens (including phenoxy) is 1. The van der Waals surface area contributed by atoms with Crippen molar-refractivity contribution in [1.82, 2.24) is 13.9 Å². The van der Waals surface area contributed by atoms with Crippen molar-refractivity contribution in [3.8, 4) is 5.75 Å². The first-order valence-corrected chi connectivity index (χ1v) is 13.8. The van der Waals surface area contributed by atoms with E-state index in [-0.39, 0.29) is 81.7 Å². The summed E-state index contributed by atoms with van der Waals surface area (Å²) in [5.41, 5.74) is 2.33. The molecule has 0 fully saturated rings. The maximum Gasteiger partial charge on any atom is 2.00 e. The third-order valence-electron chi connectivity index (χ3n) is 5.57. The normalized spacial score (nSPS) is 12.5. The van der Waals surface area contributed by atoms with Gasteiger partial charge in [0.1, 0.15) is 11.4 Å². The minimum Gasteiger partial charge on any atom is -0.870 e. The van der Waals surface area contributed by atoms with Gasteiger partial charge in [-0.15, -0.1) is 0 Å². The number of halogens is 2. The minimum absolute atomic E-state index is 0. The number of nitrogens with two attached hydrogens (primary N) is 1. The van der Waals surface area contributed by atoms with Crippen LogP contribution in [0.3, 0.4) is 0 Å². The molecule has 2 aromatic carbocycles. The van der Waals surface area contributed by atoms with Crippen molar-refractivity contribution in [3.63, 3.8) is 0 Å². The van der Waals surface area contributed by atoms with Crippen molar-refractivity contribution >= 4 is 75.3 Å². The summed E-state index contributed by atoms with van der Waals surface area (Å²) in [5, 5.41) is 11.1. The van der Waals surface area contributed by atoms with E-state index in [1.807, 2.05) is 0 Å². The molecule has 0 aliphatic carbocycles. The number of rotatable bonds is 9. The molecule has 4 rings (SSSR count). The van der Waals surface area contributed by atoms with E-state index in [4.69, 9.17) is 4.74 Å². The van der Waals surface area contributed by atoms with E-state index < -0.39 is 33.4 Å². The molecule has 10 nitrogen and oxygen atoms in total. The Labute approximate surface area is 256 Å². The smallest absolute Gasteiger partial charge is 0.870 e. The zero-order valence-corrected chi connectivity index (χ0v) is 25.1. The second-order valence-corrected chi connectivity index (χ2v) is 11.6. The zero-order valence-electron chi connectivity index (χ0n) is 21.3. The van der Waals surface area contributed by atoms with Gasteiger partial charge in [0.2, 0.25) is 5.16 Å². The third kappa shape index (κ3) is 7.19. The summed E-state index contributed by atoms with van der Waals surface area (Å²) in [6.07, 6.45) is 1.34. The molecule has 3 N–H and O–H groups in total. The molecular weight excluding hydrogens is 582 g/mol. The molecule has 0 amide bonds. The predicted octanol–water partition coefficient (Wildman–Crippen LogP) is 2.76. The quantitative estimate of drug-likeness (QED) is 0.173. The number of para-hydroxylation sites is 2. The van der Waals surface area contributed by atoms with Gasteiger partial charge in [0.05, 0.1) is 38.2 Å². The topological polar surface area (TPSA) is 161 Å². The van der Waals surface area contributed by atoms with Crippen molar-refractivity contribution < 1.29 is 37.1 Å². The average Bonchev–Trinajstić information content (AvgIpc) is 3.25. The first-order valence-electron chi connectivity index (χ1n) is 11.0. The Bertz CT molecular complexity index is 1610. The number of aryl methyl sites for hydroxylation is 1. The van der Waals surface area contributed by atoms with E-state index in [2.05, 4.69) is 9.97 Å². The minimum atomic E-state index is -4.32. The van der Waals surface area contributed by atoms with E-state index in [1.54, 1.807) is 38.1 Å². The van der Waals surface area contributed by atoms with E-state index >= 15 is 0 Å². The Morgan fingerprint density at radius 3 is 2.51 bits per heavy atom. The number of hydrogen-bond donors (Lipinski definition) is 1. The standard InChI is InChI=1S/C24H24F2N4O5S2.Ca.H2O/c1-15-8-9-17(29-31)12-22(15)37(33,34)30-20-7-5-4-6-18(20)28-23(30)36(32)13-19-16(2)21(10-11-27-19)35-14-24(3,25)26;;/h4-12H,13-14,29H2,1-3H3;;1H2/q;+2;/p-1. The molecule has 4 aromatic rings. The van der Waals surface area contributed by atoms with Crippen LogP contribution in [0.25, 0.3) is 11.0 Å². The first-order chi connectivity index (χ1) is 17.4. The molecule has 204 valence electrons. The van der Waals surface area contributed by atoms with Crippen molar-refractivity contribution in [2.45, 2.75) is 42.5 Å². The summed E-state index contributed by atoms with van der Waals surface area (Å²) in [4.78, 5) is 8.43. The Kier molecular flexibility index (Phi) is 11.1. The van der Waals surface area contributed by atoms with Crippen LogP contribution in [0.2, 0.25) is 0 Å². The fourth-order valence-corrected chi connectivity index (χ4v) is 6.99. The van der Waals surface area contributed by atoms with Crippen molar-refractivity contribution in [3.05, 3.63) is 76.8 Å². The Morgan fingerprint density at radius 1 is 1.15 bits per heavy atom. The molecule has 0 spiro atoms. The van der Waals surface area contributed by atoms with Crippen LogP contribution in [-0.4, -0.2) is 82.3 Å². The summed E-state index contributed by atoms with van der Waals surface area (Å²) in [5.74, 6) is -3.12. The average molecular weight is 608 g/mol. The van der Waals surface area contributed by atoms with Gasteiger partial charge < -0.3 is 20.9 Å². The van der Waals surface area contributed by atoms with Crippen LogP contribution in [-0.2, 0) is 26.6 Å². The van der Waals surface area contributed by atoms with Gasteiger partial charge in [0, 0.05) is 24.8 Å². The predicted molar refractivity (Wildman–Crippen MR) is 141 cm³/mol. The number of imidazole rings is 1. The molecule has 0 aliphatic rings. The van der Waals surface area contributed by atoms with Crippen LogP contribution in [0.5, 0.6) is 5.75 Å². The number of alkyl halides is 2. The first kappa shape index (κ1) is 33.2. The van der Waals surface area contributed by atoms with Crippen LogP contribution >= 0.6 is 0 Å². The summed E-state index contributed by atoms with van der Waals surface area (Å²) in [7, 11) is -6.34. The molecule has 39 heavy (non-hydrogen) atoms. The maximum absolute atomic E-state index is 13.8. The molecule has 15 heteroatoms. The number of quaternary nitrogens is 1. The van der Waals surface area contributed by atoms with Gasteiger partial charge in [-0.3, -0.25) is 9.19 Å². The fraction of sp³-hybridized carbons (Fsp3) is 0.250. The molecule has 0 aliphatic heterocycles. The second-order valence-electron chi connectivity index (χ2n) is 8.52. The summed E-state index contributed by atoms with van der Waals surface area (Å²) in [6, 6.07) is 12.2. The Hall–Kier alpha value is -2.04. The van der Waals surface area contributed by atoms with Crippen LogP contribution in [0.1, 0.15) is 23.7 Å². The van der Waals surface area contributed by atoms with Crippen molar-refractivity contribution in [2.75, 3.05) is 6.61 Å². The van der Waals surface area contributed by atoms with Crippen molar-refractivity contribution in [1.29, 1.82) is 0 Å². The summed E-state index contributed by atoms with van der Waals surface area (Å²) < 4.78 is 73.9. The Morgan fingerprint density at radius 2 is 1.85 bits per heavy atom. The second kappa shape index (κ2) is 13.1. The molecular formula is C24H25CaF2N4O6S2+. The Balaban J connectivity index is 0.00000267. The maximum atomic E-state index is 13.8. The number of pyridine rings is 1. The third-order valence-corrected chi connectivity index (χ3v) is 8.75. The van der Waals surface area contributed by atoms with E-state index in [0.717, 1.165) is 10.9 Å².